The van der Waals surface area contributed by atoms with E-state index in [-0.39, 0.29) is 23.6 Å². The van der Waals surface area contributed by atoms with Crippen molar-refractivity contribution in [3.63, 3.8) is 0 Å². The first kappa shape index (κ1) is 27.7. The van der Waals surface area contributed by atoms with Crippen molar-refractivity contribution in [2.24, 2.45) is 9.98 Å². The average Bonchev–Trinajstić information content (AvgIpc) is 3.34. The lowest BCUT2D eigenvalue weighted by molar-refractivity contribution is -0.130. The van der Waals surface area contributed by atoms with Gasteiger partial charge in [-0.1, -0.05) is 12.1 Å². The molecule has 14 heteroatoms. The summed E-state index contributed by atoms with van der Waals surface area (Å²) in [5, 5.41) is 3.26. The van der Waals surface area contributed by atoms with Crippen LogP contribution in [-0.2, 0) is 24.1 Å². The third-order valence-corrected chi connectivity index (χ3v) is 8.02. The van der Waals surface area contributed by atoms with E-state index in [1.807, 2.05) is 9.30 Å². The number of ether oxygens (including phenoxy) is 2. The highest BCUT2D eigenvalue weighted by molar-refractivity contribution is 7.90. The molecule has 1 saturated heterocycles. The topological polar surface area (TPSA) is 143 Å². The highest BCUT2D eigenvalue weighted by atomic mass is 32.2. The van der Waals surface area contributed by atoms with Gasteiger partial charge in [-0.25, -0.2) is 23.4 Å². The van der Waals surface area contributed by atoms with E-state index in [4.69, 9.17) is 9.47 Å². The number of imidazole rings is 1. The predicted octanol–water partition coefficient (Wildman–Crippen LogP) is 1.18. The summed E-state index contributed by atoms with van der Waals surface area (Å²) in [5.41, 5.74) is 1.93. The van der Waals surface area contributed by atoms with Gasteiger partial charge < -0.3 is 19.7 Å². The van der Waals surface area contributed by atoms with E-state index >= 15 is 0 Å². The van der Waals surface area contributed by atoms with Crippen LogP contribution in [-0.4, -0.2) is 116 Å². The van der Waals surface area contributed by atoms with Crippen molar-refractivity contribution >= 4 is 38.9 Å². The van der Waals surface area contributed by atoms with Gasteiger partial charge in [0.25, 0.3) is 0 Å². The summed E-state index contributed by atoms with van der Waals surface area (Å²) in [6.45, 7) is 3.19. The normalized spacial score (nSPS) is 18.4. The molecular formula is C26H32N8O5S. The molecule has 4 heterocycles. The molecule has 1 N–H and O–H groups in total. The molecule has 0 radical (unpaired) electrons. The second-order valence-electron chi connectivity index (χ2n) is 9.57. The van der Waals surface area contributed by atoms with E-state index < -0.39 is 9.84 Å². The fourth-order valence-electron chi connectivity index (χ4n) is 4.68. The SMILES string of the molecule is COC1=NC(CN2CCN(C(=O)CNc3c(-c4ccc(S(C)(=O)=O)cc4)nc4cnccn34)CC2)=NC(OC)C1. The van der Waals surface area contributed by atoms with Gasteiger partial charge in [-0.15, -0.1) is 0 Å². The van der Waals surface area contributed by atoms with Crippen LogP contribution >= 0.6 is 0 Å². The number of benzene rings is 1. The molecule has 2 aliphatic rings. The number of hydrogen-bond acceptors (Lipinski definition) is 11. The van der Waals surface area contributed by atoms with Crippen molar-refractivity contribution < 1.29 is 22.7 Å². The largest absolute Gasteiger partial charge is 0.484 e. The first-order valence-electron chi connectivity index (χ1n) is 12.8. The van der Waals surface area contributed by atoms with Crippen molar-refractivity contribution in [2.75, 3.05) is 65.1 Å². The number of anilines is 1. The number of piperazine rings is 1. The molecule has 1 unspecified atom stereocenters. The van der Waals surface area contributed by atoms with Gasteiger partial charge in [0, 0.05) is 57.5 Å². The Morgan fingerprint density at radius 2 is 1.88 bits per heavy atom. The highest BCUT2D eigenvalue weighted by Crippen LogP contribution is 2.29. The number of methoxy groups -OCH3 is 2. The molecule has 1 fully saturated rings. The van der Waals surface area contributed by atoms with Gasteiger partial charge in [0.2, 0.25) is 5.91 Å². The van der Waals surface area contributed by atoms with Gasteiger partial charge in [0.15, 0.2) is 27.6 Å². The molecule has 1 atom stereocenters. The quantitative estimate of drug-likeness (QED) is 0.424. The number of hydrogen-bond donors (Lipinski definition) is 1. The van der Waals surface area contributed by atoms with E-state index in [1.54, 1.807) is 57.1 Å². The number of sulfone groups is 1. The molecule has 1 amide bonds. The molecule has 212 valence electrons. The number of fused-ring (bicyclic) bond motifs is 1. The van der Waals surface area contributed by atoms with Crippen LogP contribution in [0, 0.1) is 0 Å². The molecule has 2 aromatic heterocycles. The lowest BCUT2D eigenvalue weighted by Gasteiger charge is -2.35. The Kier molecular flexibility index (Phi) is 8.09. The first-order chi connectivity index (χ1) is 19.2. The fraction of sp³-hybridized carbons (Fsp3) is 0.423. The molecular weight excluding hydrogens is 536 g/mol. The molecule has 0 spiro atoms. The maximum absolute atomic E-state index is 13.2. The number of nitrogens with zero attached hydrogens (tertiary/aromatic N) is 7. The van der Waals surface area contributed by atoms with Crippen molar-refractivity contribution in [1.29, 1.82) is 0 Å². The minimum atomic E-state index is -3.32. The fourth-order valence-corrected chi connectivity index (χ4v) is 5.31. The first-order valence-corrected chi connectivity index (χ1v) is 14.7. The molecule has 13 nitrogen and oxygen atoms in total. The molecule has 5 rings (SSSR count). The number of aromatic nitrogens is 3. The zero-order valence-corrected chi connectivity index (χ0v) is 23.5. The monoisotopic (exact) mass is 568 g/mol. The predicted molar refractivity (Wildman–Crippen MR) is 150 cm³/mol. The number of carbonyl (C=O) groups is 1. The van der Waals surface area contributed by atoms with E-state index in [1.165, 1.54) is 6.26 Å². The van der Waals surface area contributed by atoms with E-state index in [2.05, 4.69) is 30.2 Å². The van der Waals surface area contributed by atoms with Crippen LogP contribution < -0.4 is 5.32 Å². The van der Waals surface area contributed by atoms with Crippen LogP contribution in [0.25, 0.3) is 16.9 Å². The molecule has 0 saturated carbocycles. The maximum atomic E-state index is 13.2. The molecule has 2 aliphatic heterocycles. The molecule has 0 aliphatic carbocycles. The van der Waals surface area contributed by atoms with Gasteiger partial charge in [-0.2, -0.15) is 0 Å². The van der Waals surface area contributed by atoms with Crippen molar-refractivity contribution in [3.05, 3.63) is 42.9 Å². The minimum Gasteiger partial charge on any atom is -0.484 e. The Hall–Kier alpha value is -3.88. The average molecular weight is 569 g/mol. The Balaban J connectivity index is 1.23. The second-order valence-corrected chi connectivity index (χ2v) is 11.6. The number of nitrogens with one attached hydrogen (secondary N) is 1. The van der Waals surface area contributed by atoms with Gasteiger partial charge >= 0.3 is 0 Å². The summed E-state index contributed by atoms with van der Waals surface area (Å²) in [6.07, 6.45) is 6.43. The Morgan fingerprint density at radius 3 is 2.55 bits per heavy atom. The van der Waals surface area contributed by atoms with Crippen LogP contribution in [0.2, 0.25) is 0 Å². The molecule has 0 bridgehead atoms. The summed E-state index contributed by atoms with van der Waals surface area (Å²) in [7, 11) is -0.113. The van der Waals surface area contributed by atoms with Gasteiger partial charge in [-0.3, -0.25) is 19.1 Å². The highest BCUT2D eigenvalue weighted by Gasteiger charge is 2.25. The summed E-state index contributed by atoms with van der Waals surface area (Å²) in [5.74, 6) is 1.86. The van der Waals surface area contributed by atoms with Gasteiger partial charge in [0.05, 0.1) is 37.7 Å². The standard InChI is InChI=1S/C26H32N8O5S/c1-38-22-14-23(39-2)30-20(29-22)17-32-10-12-33(13-11-32)24(35)16-28-26-25(31-21-15-27-8-9-34(21)26)18-4-6-19(7-5-18)40(3,36)37/h4-9,15,22,28H,10-14,16-17H2,1-3H3. The molecule has 3 aromatic rings. The summed E-state index contributed by atoms with van der Waals surface area (Å²) in [6, 6.07) is 6.53. The Labute approximate surface area is 232 Å². The summed E-state index contributed by atoms with van der Waals surface area (Å²) < 4.78 is 36.3. The third-order valence-electron chi connectivity index (χ3n) is 6.89. The van der Waals surface area contributed by atoms with Crippen molar-refractivity contribution in [3.8, 4) is 11.3 Å². The number of amides is 1. The number of rotatable bonds is 8. The Bertz CT molecular complexity index is 1540. The number of carbonyl (C=O) groups excluding carboxylic acids is 1. The lowest BCUT2D eigenvalue weighted by Crippen LogP contribution is -2.51. The minimum absolute atomic E-state index is 0.0313. The zero-order valence-electron chi connectivity index (χ0n) is 22.6. The maximum Gasteiger partial charge on any atom is 0.242 e. The third kappa shape index (κ3) is 6.13. The van der Waals surface area contributed by atoms with Gasteiger partial charge in [-0.05, 0) is 12.1 Å². The van der Waals surface area contributed by atoms with E-state index in [9.17, 15) is 13.2 Å². The zero-order chi connectivity index (χ0) is 28.3. The van der Waals surface area contributed by atoms with Crippen LogP contribution in [0.15, 0.2) is 57.7 Å². The van der Waals surface area contributed by atoms with Crippen LogP contribution in [0.4, 0.5) is 5.82 Å². The van der Waals surface area contributed by atoms with Crippen molar-refractivity contribution in [2.45, 2.75) is 17.5 Å². The van der Waals surface area contributed by atoms with E-state index in [0.29, 0.717) is 68.0 Å². The second kappa shape index (κ2) is 11.7. The molecule has 1 aromatic carbocycles. The van der Waals surface area contributed by atoms with Crippen LogP contribution in [0.1, 0.15) is 6.42 Å². The number of amidine groups is 1. The number of aliphatic imine (C=N–C) groups is 2. The summed E-state index contributed by atoms with van der Waals surface area (Å²) in [4.78, 5) is 35.2. The van der Waals surface area contributed by atoms with Crippen molar-refractivity contribution in [1.82, 2.24) is 24.2 Å². The van der Waals surface area contributed by atoms with Crippen LogP contribution in [0.5, 0.6) is 0 Å². The summed E-state index contributed by atoms with van der Waals surface area (Å²) >= 11 is 0. The lowest BCUT2D eigenvalue weighted by atomic mass is 10.1. The Morgan fingerprint density at radius 1 is 1.12 bits per heavy atom. The molecule has 40 heavy (non-hydrogen) atoms. The van der Waals surface area contributed by atoms with E-state index in [0.717, 1.165) is 5.56 Å². The van der Waals surface area contributed by atoms with Crippen LogP contribution in [0.3, 0.4) is 0 Å². The smallest absolute Gasteiger partial charge is 0.242 e. The van der Waals surface area contributed by atoms with Gasteiger partial charge in [0.1, 0.15) is 17.3 Å².